The van der Waals surface area contributed by atoms with Crippen molar-refractivity contribution in [1.29, 1.82) is 5.26 Å². The van der Waals surface area contributed by atoms with E-state index in [1.807, 2.05) is 0 Å². The first-order valence-corrected chi connectivity index (χ1v) is 4.08. The first-order valence-electron chi connectivity index (χ1n) is 4.08. The third-order valence-corrected chi connectivity index (χ3v) is 1.78. The quantitative estimate of drug-likeness (QED) is 0.429. The first kappa shape index (κ1) is 10.7. The summed E-state index contributed by atoms with van der Waals surface area (Å²) >= 11 is 0. The van der Waals surface area contributed by atoms with Gasteiger partial charge in [0.25, 0.3) is 5.69 Å². The molecule has 76 valence electrons. The fourth-order valence-corrected chi connectivity index (χ4v) is 1.16. The van der Waals surface area contributed by atoms with Gasteiger partial charge in [-0.25, -0.2) is 0 Å². The lowest BCUT2D eigenvalue weighted by molar-refractivity contribution is -0.385. The van der Waals surface area contributed by atoms with Gasteiger partial charge in [0, 0.05) is 12.1 Å². The molecule has 0 aromatic heterocycles. The second-order valence-corrected chi connectivity index (χ2v) is 2.61. The maximum atomic E-state index is 10.7. The molecule has 0 aliphatic rings. The molecule has 0 spiro atoms. The van der Waals surface area contributed by atoms with E-state index >= 15 is 0 Å². The van der Waals surface area contributed by atoms with Crippen molar-refractivity contribution >= 4 is 11.8 Å². The summed E-state index contributed by atoms with van der Waals surface area (Å²) in [7, 11) is 1.42. The molecular formula is C10H8N2O3. The van der Waals surface area contributed by atoms with E-state index in [1.54, 1.807) is 12.1 Å². The van der Waals surface area contributed by atoms with Crippen LogP contribution in [-0.2, 0) is 0 Å². The van der Waals surface area contributed by atoms with Crippen LogP contribution in [0.2, 0.25) is 0 Å². The maximum Gasteiger partial charge on any atom is 0.280 e. The number of hydrogen-bond donors (Lipinski definition) is 0. The Kier molecular flexibility index (Phi) is 3.41. The lowest BCUT2D eigenvalue weighted by Gasteiger charge is -2.04. The summed E-state index contributed by atoms with van der Waals surface area (Å²) in [4.78, 5) is 10.2. The molecule has 0 heterocycles. The van der Waals surface area contributed by atoms with Gasteiger partial charge < -0.3 is 4.74 Å². The highest BCUT2D eigenvalue weighted by Gasteiger charge is 2.15. The van der Waals surface area contributed by atoms with Gasteiger partial charge in [-0.3, -0.25) is 10.1 Å². The van der Waals surface area contributed by atoms with Gasteiger partial charge in [0.2, 0.25) is 0 Å². The molecule has 0 N–H and O–H groups in total. The fourth-order valence-electron chi connectivity index (χ4n) is 1.16. The zero-order chi connectivity index (χ0) is 11.3. The molecule has 5 nitrogen and oxygen atoms in total. The van der Waals surface area contributed by atoms with Crippen LogP contribution in [0.15, 0.2) is 24.3 Å². The van der Waals surface area contributed by atoms with Gasteiger partial charge in [0.05, 0.1) is 23.7 Å². The number of nitro groups is 1. The van der Waals surface area contributed by atoms with E-state index in [2.05, 4.69) is 0 Å². The van der Waals surface area contributed by atoms with Gasteiger partial charge in [-0.15, -0.1) is 0 Å². The Hall–Kier alpha value is -2.35. The van der Waals surface area contributed by atoms with E-state index in [4.69, 9.17) is 10.00 Å². The zero-order valence-electron chi connectivity index (χ0n) is 8.01. The molecule has 1 aromatic carbocycles. The normalized spacial score (nSPS) is 9.87. The highest BCUT2D eigenvalue weighted by molar-refractivity contribution is 5.68. The van der Waals surface area contributed by atoms with Gasteiger partial charge in [0.15, 0.2) is 0 Å². The van der Waals surface area contributed by atoms with Crippen LogP contribution >= 0.6 is 0 Å². The minimum Gasteiger partial charge on any atom is -0.496 e. The van der Waals surface area contributed by atoms with Crippen molar-refractivity contribution < 1.29 is 9.66 Å². The number of hydrogen-bond acceptors (Lipinski definition) is 4. The SMILES string of the molecule is COc1cccc([N+](=O)[O-])c1C=CC#N. The predicted octanol–water partition coefficient (Wildman–Crippen LogP) is 2.14. The molecule has 0 amide bonds. The van der Waals surface area contributed by atoms with Crippen LogP contribution in [0.1, 0.15) is 5.56 Å². The Bertz CT molecular complexity index is 446. The van der Waals surface area contributed by atoms with E-state index < -0.39 is 4.92 Å². The van der Waals surface area contributed by atoms with Crippen molar-refractivity contribution in [2.75, 3.05) is 7.11 Å². The standard InChI is InChI=1S/C10H8N2O3/c1-15-10-6-2-5-9(12(13)14)8(10)4-3-7-11/h2-6H,1H3. The Balaban J connectivity index is 3.34. The molecule has 0 unspecified atom stereocenters. The molecule has 5 heteroatoms. The van der Waals surface area contributed by atoms with Gasteiger partial charge in [0.1, 0.15) is 5.75 Å². The molecule has 1 rings (SSSR count). The second-order valence-electron chi connectivity index (χ2n) is 2.61. The molecule has 0 aliphatic heterocycles. The zero-order valence-corrected chi connectivity index (χ0v) is 8.01. The van der Waals surface area contributed by atoms with Crippen molar-refractivity contribution in [2.24, 2.45) is 0 Å². The topological polar surface area (TPSA) is 76.2 Å². The van der Waals surface area contributed by atoms with Crippen molar-refractivity contribution in [3.63, 3.8) is 0 Å². The summed E-state index contributed by atoms with van der Waals surface area (Å²) in [5.74, 6) is 0.371. The number of nitriles is 1. The number of benzene rings is 1. The second kappa shape index (κ2) is 4.77. The van der Waals surface area contributed by atoms with E-state index in [0.29, 0.717) is 11.3 Å². The highest BCUT2D eigenvalue weighted by atomic mass is 16.6. The van der Waals surface area contributed by atoms with Crippen LogP contribution in [0.4, 0.5) is 5.69 Å². The molecule has 15 heavy (non-hydrogen) atoms. The fraction of sp³-hybridized carbons (Fsp3) is 0.100. The number of methoxy groups -OCH3 is 1. The average Bonchev–Trinajstić information content (AvgIpc) is 2.25. The highest BCUT2D eigenvalue weighted by Crippen LogP contribution is 2.29. The lowest BCUT2D eigenvalue weighted by atomic mass is 10.1. The van der Waals surface area contributed by atoms with E-state index in [1.165, 1.54) is 31.4 Å². The van der Waals surface area contributed by atoms with Crippen LogP contribution in [0.5, 0.6) is 5.75 Å². The summed E-state index contributed by atoms with van der Waals surface area (Å²) in [6, 6.07) is 6.27. The minimum atomic E-state index is -0.514. The third kappa shape index (κ3) is 2.31. The minimum absolute atomic E-state index is 0.0825. The maximum absolute atomic E-state index is 10.7. The summed E-state index contributed by atoms with van der Waals surface area (Å²) in [6.45, 7) is 0. The summed E-state index contributed by atoms with van der Waals surface area (Å²) < 4.78 is 4.97. The molecule has 1 aromatic rings. The van der Waals surface area contributed by atoms with Crippen molar-refractivity contribution in [1.82, 2.24) is 0 Å². The third-order valence-electron chi connectivity index (χ3n) is 1.78. The Morgan fingerprint density at radius 2 is 2.33 bits per heavy atom. The van der Waals surface area contributed by atoms with E-state index in [-0.39, 0.29) is 5.69 Å². The number of nitrogens with zero attached hydrogens (tertiary/aromatic N) is 2. The molecule has 0 saturated heterocycles. The van der Waals surface area contributed by atoms with Crippen LogP contribution in [0.25, 0.3) is 6.08 Å². The van der Waals surface area contributed by atoms with Gasteiger partial charge >= 0.3 is 0 Å². The molecule has 0 aliphatic carbocycles. The molecule has 0 bridgehead atoms. The number of nitro benzene ring substituents is 1. The first-order chi connectivity index (χ1) is 7.20. The van der Waals surface area contributed by atoms with Crippen LogP contribution in [-0.4, -0.2) is 12.0 Å². The molecule has 0 fully saturated rings. The average molecular weight is 204 g/mol. The Labute approximate surface area is 86.4 Å². The summed E-state index contributed by atoms with van der Waals surface area (Å²) in [5, 5.41) is 19.1. The lowest BCUT2D eigenvalue weighted by Crippen LogP contribution is -1.94. The summed E-state index contributed by atoms with van der Waals surface area (Å²) in [5.41, 5.74) is 0.215. The monoisotopic (exact) mass is 204 g/mol. The molecule has 0 radical (unpaired) electrons. The number of ether oxygens (including phenoxy) is 1. The van der Waals surface area contributed by atoms with Crippen molar-refractivity contribution in [3.05, 3.63) is 40.0 Å². The largest absolute Gasteiger partial charge is 0.496 e. The van der Waals surface area contributed by atoms with Crippen LogP contribution in [0.3, 0.4) is 0 Å². The van der Waals surface area contributed by atoms with Gasteiger partial charge in [-0.1, -0.05) is 6.07 Å². The molecular weight excluding hydrogens is 196 g/mol. The van der Waals surface area contributed by atoms with E-state index in [0.717, 1.165) is 0 Å². The predicted molar refractivity (Wildman–Crippen MR) is 54.3 cm³/mol. The summed E-state index contributed by atoms with van der Waals surface area (Å²) in [6.07, 6.45) is 2.53. The van der Waals surface area contributed by atoms with Crippen molar-refractivity contribution in [2.45, 2.75) is 0 Å². The number of rotatable bonds is 3. The van der Waals surface area contributed by atoms with Crippen molar-refractivity contribution in [3.8, 4) is 11.8 Å². The van der Waals surface area contributed by atoms with Gasteiger partial charge in [-0.05, 0) is 12.1 Å². The molecule has 0 atom stereocenters. The molecule has 0 saturated carbocycles. The smallest absolute Gasteiger partial charge is 0.280 e. The number of allylic oxidation sites excluding steroid dienone is 1. The van der Waals surface area contributed by atoms with E-state index in [9.17, 15) is 10.1 Å². The van der Waals surface area contributed by atoms with Gasteiger partial charge in [-0.2, -0.15) is 5.26 Å². The Morgan fingerprint density at radius 1 is 1.60 bits per heavy atom. The van der Waals surface area contributed by atoms with Crippen LogP contribution in [0, 0.1) is 21.4 Å². The Morgan fingerprint density at radius 3 is 2.87 bits per heavy atom. The van der Waals surface area contributed by atoms with Crippen LogP contribution < -0.4 is 4.74 Å².